The van der Waals surface area contributed by atoms with Crippen LogP contribution in [0.1, 0.15) is 17.0 Å². The molecule has 3 rings (SSSR count). The van der Waals surface area contributed by atoms with Gasteiger partial charge in [-0.25, -0.2) is 13.8 Å². The number of benzene rings is 1. The van der Waals surface area contributed by atoms with Crippen molar-refractivity contribution in [1.29, 1.82) is 0 Å². The van der Waals surface area contributed by atoms with Crippen LogP contribution in [0.5, 0.6) is 0 Å². The normalized spacial score (nSPS) is 10.6. The highest BCUT2D eigenvalue weighted by Gasteiger charge is 2.11. The van der Waals surface area contributed by atoms with Crippen LogP contribution in [-0.4, -0.2) is 15.0 Å². The minimum atomic E-state index is -0.555. The van der Waals surface area contributed by atoms with Crippen LogP contribution in [-0.2, 0) is 6.54 Å². The number of nitrogens with one attached hydrogen (secondary N) is 2. The molecule has 0 fully saturated rings. The number of rotatable bonds is 5. The summed E-state index contributed by atoms with van der Waals surface area (Å²) in [6, 6.07) is 8.85. The van der Waals surface area contributed by atoms with Gasteiger partial charge < -0.3 is 10.6 Å². The van der Waals surface area contributed by atoms with E-state index < -0.39 is 11.6 Å². The zero-order chi connectivity index (χ0) is 17.8. The molecule has 0 spiro atoms. The van der Waals surface area contributed by atoms with Crippen LogP contribution in [0.4, 0.5) is 26.2 Å². The minimum Gasteiger partial charge on any atom is -0.349 e. The summed E-state index contributed by atoms with van der Waals surface area (Å²) in [6.45, 7) is 4.10. The molecule has 0 aliphatic rings. The predicted octanol–water partition coefficient (Wildman–Crippen LogP) is 4.12. The van der Waals surface area contributed by atoms with Gasteiger partial charge in [0.25, 0.3) is 0 Å². The van der Waals surface area contributed by atoms with Crippen molar-refractivity contribution in [3.63, 3.8) is 0 Å². The molecule has 0 saturated carbocycles. The summed E-state index contributed by atoms with van der Waals surface area (Å²) in [5.74, 6) is -0.283. The number of hydrogen-bond acceptors (Lipinski definition) is 5. The number of nitrogens with zero attached hydrogens (tertiary/aromatic N) is 3. The summed E-state index contributed by atoms with van der Waals surface area (Å²) in [5.41, 5.74) is 2.36. The van der Waals surface area contributed by atoms with Crippen molar-refractivity contribution in [2.45, 2.75) is 20.4 Å². The molecule has 0 amide bonds. The highest BCUT2D eigenvalue weighted by molar-refractivity contribution is 5.61. The first-order valence-corrected chi connectivity index (χ1v) is 7.74. The maximum atomic E-state index is 13.9. The second-order valence-corrected chi connectivity index (χ2v) is 5.53. The van der Waals surface area contributed by atoms with E-state index in [0.29, 0.717) is 18.3 Å². The standard InChI is InChI=1S/C18H17F2N5/c1-11-12(2)23-18(22-10-14-5-3-4-8-21-14)25-17(11)24-16-9-13(19)6-7-15(16)20/h3-9H,10H2,1-2H3,(H2,22,23,24,25). The largest absolute Gasteiger partial charge is 0.349 e. The Morgan fingerprint density at radius 1 is 1.04 bits per heavy atom. The Bertz CT molecular complexity index is 884. The average Bonchev–Trinajstić information content (AvgIpc) is 2.61. The summed E-state index contributed by atoms with van der Waals surface area (Å²) in [4.78, 5) is 13.0. The van der Waals surface area contributed by atoms with Gasteiger partial charge in [0.2, 0.25) is 5.95 Å². The van der Waals surface area contributed by atoms with Gasteiger partial charge in [0.1, 0.15) is 17.5 Å². The molecule has 128 valence electrons. The molecule has 0 bridgehead atoms. The third kappa shape index (κ3) is 4.06. The molecule has 25 heavy (non-hydrogen) atoms. The number of pyridine rings is 1. The van der Waals surface area contributed by atoms with Crippen LogP contribution < -0.4 is 10.6 Å². The van der Waals surface area contributed by atoms with Gasteiger partial charge >= 0.3 is 0 Å². The summed E-state index contributed by atoms with van der Waals surface area (Å²) < 4.78 is 27.2. The molecule has 0 atom stereocenters. The third-order valence-corrected chi connectivity index (χ3v) is 3.72. The zero-order valence-corrected chi connectivity index (χ0v) is 13.8. The van der Waals surface area contributed by atoms with Gasteiger partial charge in [0.15, 0.2) is 0 Å². The smallest absolute Gasteiger partial charge is 0.225 e. The van der Waals surface area contributed by atoms with Gasteiger partial charge in [-0.3, -0.25) is 4.98 Å². The number of anilines is 3. The highest BCUT2D eigenvalue weighted by Crippen LogP contribution is 2.24. The molecule has 2 N–H and O–H groups in total. The molecule has 5 nitrogen and oxygen atoms in total. The first-order valence-electron chi connectivity index (χ1n) is 7.74. The molecule has 0 aliphatic carbocycles. The van der Waals surface area contributed by atoms with Crippen LogP contribution in [0.3, 0.4) is 0 Å². The van der Waals surface area contributed by atoms with E-state index in [1.54, 1.807) is 6.20 Å². The van der Waals surface area contributed by atoms with E-state index in [1.165, 1.54) is 0 Å². The number of hydrogen-bond donors (Lipinski definition) is 2. The fourth-order valence-corrected chi connectivity index (χ4v) is 2.22. The summed E-state index contributed by atoms with van der Waals surface area (Å²) >= 11 is 0. The first kappa shape index (κ1) is 16.8. The summed E-state index contributed by atoms with van der Waals surface area (Å²) in [5, 5.41) is 5.93. The average molecular weight is 341 g/mol. The molecule has 2 heterocycles. The SMILES string of the molecule is Cc1nc(NCc2ccccn2)nc(Nc2cc(F)ccc2F)c1C. The second-order valence-electron chi connectivity index (χ2n) is 5.53. The highest BCUT2D eigenvalue weighted by atomic mass is 19.1. The Kier molecular flexibility index (Phi) is 4.83. The van der Waals surface area contributed by atoms with E-state index >= 15 is 0 Å². The number of aryl methyl sites for hydroxylation is 1. The lowest BCUT2D eigenvalue weighted by Gasteiger charge is -2.13. The summed E-state index contributed by atoms with van der Waals surface area (Å²) in [7, 11) is 0. The van der Waals surface area contributed by atoms with E-state index in [-0.39, 0.29) is 5.69 Å². The zero-order valence-electron chi connectivity index (χ0n) is 13.8. The van der Waals surface area contributed by atoms with E-state index in [0.717, 1.165) is 35.2 Å². The molecule has 0 aliphatic heterocycles. The van der Waals surface area contributed by atoms with Crippen molar-refractivity contribution in [3.05, 3.63) is 71.2 Å². The molecule has 0 radical (unpaired) electrons. The fraction of sp³-hybridized carbons (Fsp3) is 0.167. The van der Waals surface area contributed by atoms with Crippen molar-refractivity contribution < 1.29 is 8.78 Å². The van der Waals surface area contributed by atoms with Gasteiger partial charge in [0, 0.05) is 23.5 Å². The molecule has 2 aromatic heterocycles. The van der Waals surface area contributed by atoms with Crippen molar-refractivity contribution in [1.82, 2.24) is 15.0 Å². The Balaban J connectivity index is 1.84. The van der Waals surface area contributed by atoms with Crippen LogP contribution in [0.2, 0.25) is 0 Å². The lowest BCUT2D eigenvalue weighted by atomic mass is 10.2. The van der Waals surface area contributed by atoms with Gasteiger partial charge in [-0.05, 0) is 38.1 Å². The Morgan fingerprint density at radius 3 is 2.64 bits per heavy atom. The van der Waals surface area contributed by atoms with Crippen molar-refractivity contribution in [2.75, 3.05) is 10.6 Å². The topological polar surface area (TPSA) is 62.7 Å². The molecule has 0 unspecified atom stereocenters. The third-order valence-electron chi connectivity index (χ3n) is 3.72. The van der Waals surface area contributed by atoms with Gasteiger partial charge in [-0.15, -0.1) is 0 Å². The van der Waals surface area contributed by atoms with E-state index in [4.69, 9.17) is 0 Å². The molecule has 7 heteroatoms. The minimum absolute atomic E-state index is 0.0249. The van der Waals surface area contributed by atoms with Crippen molar-refractivity contribution in [3.8, 4) is 0 Å². The molecular weight excluding hydrogens is 324 g/mol. The molecular formula is C18H17F2N5. The lowest BCUT2D eigenvalue weighted by Crippen LogP contribution is -2.09. The van der Waals surface area contributed by atoms with Crippen LogP contribution in [0.15, 0.2) is 42.6 Å². The van der Waals surface area contributed by atoms with Crippen LogP contribution in [0, 0.1) is 25.5 Å². The Labute approximate surface area is 144 Å². The monoisotopic (exact) mass is 341 g/mol. The maximum absolute atomic E-state index is 13.9. The fourth-order valence-electron chi connectivity index (χ4n) is 2.22. The number of halogens is 2. The lowest BCUT2D eigenvalue weighted by molar-refractivity contribution is 0.603. The van der Waals surface area contributed by atoms with Crippen molar-refractivity contribution in [2.24, 2.45) is 0 Å². The number of aromatic nitrogens is 3. The van der Waals surface area contributed by atoms with Gasteiger partial charge in [-0.2, -0.15) is 4.98 Å². The summed E-state index contributed by atoms with van der Waals surface area (Å²) in [6.07, 6.45) is 1.71. The molecule has 0 saturated heterocycles. The molecule has 1 aromatic carbocycles. The first-order chi connectivity index (χ1) is 12.0. The van der Waals surface area contributed by atoms with Crippen molar-refractivity contribution >= 4 is 17.5 Å². The predicted molar refractivity (Wildman–Crippen MR) is 92.7 cm³/mol. The quantitative estimate of drug-likeness (QED) is 0.731. The van der Waals surface area contributed by atoms with Gasteiger partial charge in [0.05, 0.1) is 17.9 Å². The Morgan fingerprint density at radius 2 is 1.88 bits per heavy atom. The Hall–Kier alpha value is -3.09. The second kappa shape index (κ2) is 7.21. The van der Waals surface area contributed by atoms with E-state index in [2.05, 4.69) is 25.6 Å². The van der Waals surface area contributed by atoms with E-state index in [1.807, 2.05) is 32.0 Å². The van der Waals surface area contributed by atoms with Crippen LogP contribution in [0.25, 0.3) is 0 Å². The molecule has 3 aromatic rings. The maximum Gasteiger partial charge on any atom is 0.225 e. The van der Waals surface area contributed by atoms with Crippen LogP contribution >= 0.6 is 0 Å². The van der Waals surface area contributed by atoms with Gasteiger partial charge in [-0.1, -0.05) is 6.07 Å². The van der Waals surface area contributed by atoms with E-state index in [9.17, 15) is 8.78 Å².